The lowest BCUT2D eigenvalue weighted by Crippen LogP contribution is -2.58. The van der Waals surface area contributed by atoms with Crippen molar-refractivity contribution in [1.82, 2.24) is 10.2 Å². The van der Waals surface area contributed by atoms with Crippen molar-refractivity contribution in [2.45, 2.75) is 52.8 Å². The highest BCUT2D eigenvalue weighted by molar-refractivity contribution is 5.82. The number of rotatable bonds is 2. The average Bonchev–Trinajstić information content (AvgIpc) is 2.48. The number of nitrogens with one attached hydrogen (secondary N) is 1. The van der Waals surface area contributed by atoms with Gasteiger partial charge < -0.3 is 15.0 Å². The molecular weight excluding hydrogens is 337 g/mol. The first-order valence-corrected chi connectivity index (χ1v) is 8.42. The molecule has 2 aliphatic rings. The number of carbonyl (C=O) groups is 2. The van der Waals surface area contributed by atoms with Crippen molar-refractivity contribution in [1.29, 1.82) is 0 Å². The van der Waals surface area contributed by atoms with Gasteiger partial charge in [-0.15, -0.1) is 0 Å². The van der Waals surface area contributed by atoms with Crippen LogP contribution in [0.5, 0.6) is 0 Å². The number of ether oxygens (including phenoxy) is 1. The van der Waals surface area contributed by atoms with E-state index in [2.05, 4.69) is 5.32 Å². The van der Waals surface area contributed by atoms with Gasteiger partial charge in [-0.05, 0) is 19.8 Å². The Morgan fingerprint density at radius 2 is 2.00 bits per heavy atom. The van der Waals surface area contributed by atoms with Gasteiger partial charge in [0, 0.05) is 30.0 Å². The molecule has 1 heterocycles. The van der Waals surface area contributed by atoms with Gasteiger partial charge in [-0.2, -0.15) is 13.2 Å². The van der Waals surface area contributed by atoms with E-state index in [0.717, 1.165) is 5.57 Å². The maximum atomic E-state index is 12.6. The van der Waals surface area contributed by atoms with Crippen LogP contribution in [0.4, 0.5) is 18.0 Å². The second-order valence-electron chi connectivity index (χ2n) is 7.54. The molecule has 1 aliphatic heterocycles. The molecule has 0 spiro atoms. The molecule has 5 nitrogen and oxygen atoms in total. The molecule has 25 heavy (non-hydrogen) atoms. The average molecular weight is 362 g/mol. The molecule has 0 aromatic rings. The van der Waals surface area contributed by atoms with Crippen molar-refractivity contribution in [3.05, 3.63) is 11.6 Å². The molecule has 1 fully saturated rings. The minimum atomic E-state index is -4.89. The third-order valence-electron chi connectivity index (χ3n) is 5.34. The van der Waals surface area contributed by atoms with Crippen molar-refractivity contribution in [2.24, 2.45) is 10.8 Å². The predicted octanol–water partition coefficient (Wildman–Crippen LogP) is 3.26. The Kier molecular flexibility index (Phi) is 5.12. The fraction of sp³-hybridized carbons (Fsp3) is 0.765. The quantitative estimate of drug-likeness (QED) is 0.767. The zero-order valence-electron chi connectivity index (χ0n) is 15.0. The van der Waals surface area contributed by atoms with Crippen molar-refractivity contribution in [3.8, 4) is 0 Å². The minimum absolute atomic E-state index is 0.291. The number of hydrogen-bond donors (Lipinski definition) is 1. The molecule has 2 rings (SSSR count). The van der Waals surface area contributed by atoms with E-state index in [9.17, 15) is 22.8 Å². The summed E-state index contributed by atoms with van der Waals surface area (Å²) in [6.45, 7) is 8.54. The molecule has 2 atom stereocenters. The largest absolute Gasteiger partial charge is 0.471 e. The van der Waals surface area contributed by atoms with Gasteiger partial charge in [0.1, 0.15) is 0 Å². The van der Waals surface area contributed by atoms with Crippen molar-refractivity contribution >= 4 is 12.0 Å². The highest BCUT2D eigenvalue weighted by Gasteiger charge is 2.51. The highest BCUT2D eigenvalue weighted by Crippen LogP contribution is 2.52. The lowest BCUT2D eigenvalue weighted by atomic mass is 9.57. The molecule has 0 bridgehead atoms. The highest BCUT2D eigenvalue weighted by atomic mass is 19.4. The van der Waals surface area contributed by atoms with Gasteiger partial charge in [0.25, 0.3) is 0 Å². The zero-order chi connectivity index (χ0) is 19.0. The Morgan fingerprint density at radius 1 is 1.36 bits per heavy atom. The summed E-state index contributed by atoms with van der Waals surface area (Å²) >= 11 is 0. The standard InChI is InChI=1S/C17H25F3N2O3/c1-5-25-14(24)22-9-7-11-15(2,3)12(6-8-16(11,4)10-22)21-13(23)17(18,19)20/h7,12H,5-6,8-10H2,1-4H3,(H,21,23). The first-order chi connectivity index (χ1) is 11.4. The SMILES string of the molecule is CCOC(=O)N1CC=C2C(C)(CCC(NC(=O)C(F)(F)F)C2(C)C)C1. The van der Waals surface area contributed by atoms with Gasteiger partial charge in [-0.1, -0.05) is 32.4 Å². The Labute approximate surface area is 145 Å². The van der Waals surface area contributed by atoms with Crippen LogP contribution in [-0.2, 0) is 9.53 Å². The molecule has 1 saturated carbocycles. The third-order valence-corrected chi connectivity index (χ3v) is 5.34. The van der Waals surface area contributed by atoms with E-state index in [4.69, 9.17) is 4.74 Å². The van der Waals surface area contributed by atoms with Crippen LogP contribution in [0.2, 0.25) is 0 Å². The van der Waals surface area contributed by atoms with E-state index in [1.807, 2.05) is 26.8 Å². The minimum Gasteiger partial charge on any atom is -0.450 e. The summed E-state index contributed by atoms with van der Waals surface area (Å²) in [6.07, 6.45) is -2.38. The van der Waals surface area contributed by atoms with E-state index >= 15 is 0 Å². The van der Waals surface area contributed by atoms with Crippen LogP contribution in [0.25, 0.3) is 0 Å². The molecule has 2 amide bonds. The summed E-state index contributed by atoms with van der Waals surface area (Å²) in [4.78, 5) is 24.9. The van der Waals surface area contributed by atoms with E-state index in [-0.39, 0.29) is 11.5 Å². The molecule has 1 aliphatic carbocycles. The second-order valence-corrected chi connectivity index (χ2v) is 7.54. The van der Waals surface area contributed by atoms with Gasteiger partial charge in [0.05, 0.1) is 6.61 Å². The van der Waals surface area contributed by atoms with Crippen LogP contribution in [0.15, 0.2) is 11.6 Å². The van der Waals surface area contributed by atoms with Crippen LogP contribution in [0, 0.1) is 10.8 Å². The number of fused-ring (bicyclic) bond motifs is 1. The Bertz CT molecular complexity index is 586. The van der Waals surface area contributed by atoms with Crippen LogP contribution in [0.3, 0.4) is 0 Å². The predicted molar refractivity (Wildman–Crippen MR) is 85.8 cm³/mol. The molecule has 0 aromatic carbocycles. The molecule has 2 unspecified atom stereocenters. The topological polar surface area (TPSA) is 58.6 Å². The fourth-order valence-electron chi connectivity index (χ4n) is 4.13. The van der Waals surface area contributed by atoms with Gasteiger partial charge in [-0.25, -0.2) is 4.79 Å². The van der Waals surface area contributed by atoms with Crippen LogP contribution < -0.4 is 5.32 Å². The Hall–Kier alpha value is -1.73. The maximum Gasteiger partial charge on any atom is 0.471 e. The van der Waals surface area contributed by atoms with Crippen LogP contribution >= 0.6 is 0 Å². The summed E-state index contributed by atoms with van der Waals surface area (Å²) in [6, 6.07) is -0.602. The zero-order valence-corrected chi connectivity index (χ0v) is 15.0. The van der Waals surface area contributed by atoms with E-state index in [1.165, 1.54) is 0 Å². The Balaban J connectivity index is 2.21. The van der Waals surface area contributed by atoms with E-state index < -0.39 is 23.5 Å². The van der Waals surface area contributed by atoms with Gasteiger partial charge in [0.15, 0.2) is 0 Å². The number of hydrogen-bond acceptors (Lipinski definition) is 3. The number of halogens is 3. The molecule has 0 aromatic heterocycles. The maximum absolute atomic E-state index is 12.6. The van der Waals surface area contributed by atoms with Gasteiger partial charge in [-0.3, -0.25) is 4.79 Å². The van der Waals surface area contributed by atoms with E-state index in [1.54, 1.807) is 11.8 Å². The molecule has 8 heteroatoms. The van der Waals surface area contributed by atoms with Crippen LogP contribution in [0.1, 0.15) is 40.5 Å². The fourth-order valence-corrected chi connectivity index (χ4v) is 4.13. The molecule has 0 saturated heterocycles. The van der Waals surface area contributed by atoms with Gasteiger partial charge >= 0.3 is 18.2 Å². The first-order valence-electron chi connectivity index (χ1n) is 8.42. The summed E-state index contributed by atoms with van der Waals surface area (Å²) in [5.41, 5.74) is 0.0158. The number of nitrogens with zero attached hydrogens (tertiary/aromatic N) is 1. The van der Waals surface area contributed by atoms with Crippen LogP contribution in [-0.4, -0.2) is 48.8 Å². The normalized spacial score (nSPS) is 28.7. The summed E-state index contributed by atoms with van der Waals surface area (Å²) in [7, 11) is 0. The second kappa shape index (κ2) is 6.53. The lowest BCUT2D eigenvalue weighted by molar-refractivity contribution is -0.175. The monoisotopic (exact) mass is 362 g/mol. The summed E-state index contributed by atoms with van der Waals surface area (Å²) in [5, 5.41) is 2.14. The lowest BCUT2D eigenvalue weighted by Gasteiger charge is -2.53. The van der Waals surface area contributed by atoms with Crippen molar-refractivity contribution in [3.63, 3.8) is 0 Å². The van der Waals surface area contributed by atoms with Gasteiger partial charge in [0.2, 0.25) is 0 Å². The van der Waals surface area contributed by atoms with Crippen molar-refractivity contribution in [2.75, 3.05) is 19.7 Å². The number of alkyl halides is 3. The summed E-state index contributed by atoms with van der Waals surface area (Å²) in [5.74, 6) is -1.90. The number of carbonyl (C=O) groups excluding carboxylic acids is 2. The van der Waals surface area contributed by atoms with E-state index in [0.29, 0.717) is 32.5 Å². The first kappa shape index (κ1) is 19.6. The molecule has 142 valence electrons. The molecular formula is C17H25F3N2O3. The molecule has 1 N–H and O–H groups in total. The molecule has 0 radical (unpaired) electrons. The number of amides is 2. The summed E-state index contributed by atoms with van der Waals surface area (Å²) < 4.78 is 42.8. The third kappa shape index (κ3) is 3.77. The Morgan fingerprint density at radius 3 is 2.56 bits per heavy atom. The van der Waals surface area contributed by atoms with Crippen molar-refractivity contribution < 1.29 is 27.5 Å². The smallest absolute Gasteiger partial charge is 0.450 e.